The van der Waals surface area contributed by atoms with E-state index >= 15 is 0 Å². The first kappa shape index (κ1) is 32.6. The highest BCUT2D eigenvalue weighted by Crippen LogP contribution is 1.86. The van der Waals surface area contributed by atoms with Crippen molar-refractivity contribution in [2.24, 2.45) is 23.3 Å². The normalized spacial score (nSPS) is 11.1. The van der Waals surface area contributed by atoms with E-state index in [0.717, 1.165) is 0 Å². The van der Waals surface area contributed by atoms with Crippen LogP contribution in [0.25, 0.3) is 0 Å². The molecule has 20 heteroatoms. The van der Waals surface area contributed by atoms with Crippen molar-refractivity contribution in [2.45, 2.75) is 0 Å². The molecule has 17 nitrogen and oxygen atoms in total. The molecule has 0 aliphatic carbocycles. The molecule has 0 saturated carbocycles. The molecular formula is C6H26N6O11S3. The van der Waals surface area contributed by atoms with Gasteiger partial charge >= 0.3 is 0 Å². The fraction of sp³-hybridized carbons (Fsp3) is 1.00. The highest BCUT2D eigenvalue weighted by atomic mass is 32.2. The Hall–Kier alpha value is -1.07. The van der Waals surface area contributed by atoms with Gasteiger partial charge in [0.05, 0.1) is 11.5 Å². The van der Waals surface area contributed by atoms with Gasteiger partial charge in [0.25, 0.3) is 30.4 Å². The lowest BCUT2D eigenvalue weighted by Crippen LogP contribution is -2.20. The average molecular weight is 455 g/mol. The van der Waals surface area contributed by atoms with Crippen molar-refractivity contribution in [1.82, 2.24) is 6.15 Å². The van der Waals surface area contributed by atoms with Gasteiger partial charge in [-0.05, 0) is 0 Å². The molecule has 0 aromatic heterocycles. The van der Waals surface area contributed by atoms with Crippen molar-refractivity contribution in [3.8, 4) is 0 Å². The SMILES string of the molecule is N.NCCS(=O)(=O)O.NCCS(=O)(=O)ON.NOS(=O)(=O)CC[N+](=O)[O-].[HH]. The first-order valence-corrected chi connectivity index (χ1v) is 10.6. The summed E-state index contributed by atoms with van der Waals surface area (Å²) in [7, 11) is -11.2. The third-order valence-corrected chi connectivity index (χ3v) is 4.32. The zero-order valence-electron chi connectivity index (χ0n) is 13.5. The summed E-state index contributed by atoms with van der Waals surface area (Å²) >= 11 is 0. The van der Waals surface area contributed by atoms with E-state index in [1.807, 2.05) is 0 Å². The molecule has 12 N–H and O–H groups in total. The minimum atomic E-state index is -3.88. The molecule has 164 valence electrons. The third kappa shape index (κ3) is 30.8. The molecule has 0 fully saturated rings. The number of nitrogens with two attached hydrogens (primary N) is 4. The van der Waals surface area contributed by atoms with E-state index in [4.69, 9.17) is 16.0 Å². The first-order valence-electron chi connectivity index (χ1n) is 5.85. The number of hydrogen-bond acceptors (Lipinski definition) is 15. The van der Waals surface area contributed by atoms with Gasteiger partial charge in [0.15, 0.2) is 0 Å². The minimum absolute atomic E-state index is 0. The Morgan fingerprint density at radius 3 is 1.38 bits per heavy atom. The van der Waals surface area contributed by atoms with Gasteiger partial charge in [-0.2, -0.15) is 45.6 Å². The lowest BCUT2D eigenvalue weighted by atomic mass is 10.8. The molecule has 0 aromatic carbocycles. The summed E-state index contributed by atoms with van der Waals surface area (Å²) in [6.07, 6.45) is 0. The fourth-order valence-electron chi connectivity index (χ4n) is 0.576. The van der Waals surface area contributed by atoms with E-state index in [1.54, 1.807) is 0 Å². The lowest BCUT2D eigenvalue weighted by Gasteiger charge is -1.93. The van der Waals surface area contributed by atoms with E-state index in [-0.39, 0.29) is 32.2 Å². The molecule has 0 bridgehead atoms. The molecule has 0 rings (SSSR count). The summed E-state index contributed by atoms with van der Waals surface area (Å²) in [5.74, 6) is 7.35. The van der Waals surface area contributed by atoms with Crippen molar-refractivity contribution in [1.29, 1.82) is 0 Å². The van der Waals surface area contributed by atoms with E-state index in [2.05, 4.69) is 20.4 Å². The number of nitro groups is 1. The third-order valence-electron chi connectivity index (χ3n) is 1.56. The van der Waals surface area contributed by atoms with Gasteiger partial charge in [0.1, 0.15) is 5.75 Å². The number of rotatable bonds is 9. The van der Waals surface area contributed by atoms with Gasteiger partial charge in [-0.15, -0.1) is 0 Å². The Labute approximate surface area is 152 Å². The standard InChI is InChI=1S/C2H6N2O5S.C2H8N2O3S.C2H7NO3S.H3N.H2/c3-9-10(7,8)2-1-4(5)6;3-1-2-8(5,6)7-4;3-1-2-7(4,5)6;;/h1-3H2;1-4H2;1-3H2,(H,4,5,6);1H3;1H. The number of hydrogen-bond donors (Lipinski definition) is 6. The molecule has 0 spiro atoms. The minimum Gasteiger partial charge on any atom is -0.344 e. The second-order valence-electron chi connectivity index (χ2n) is 3.64. The van der Waals surface area contributed by atoms with Crippen LogP contribution < -0.4 is 29.4 Å². The van der Waals surface area contributed by atoms with Crippen molar-refractivity contribution >= 4 is 30.4 Å². The van der Waals surface area contributed by atoms with Crippen molar-refractivity contribution < 1.29 is 44.7 Å². The van der Waals surface area contributed by atoms with E-state index < -0.39 is 47.6 Å². The fourth-order valence-corrected chi connectivity index (χ4v) is 1.73. The van der Waals surface area contributed by atoms with Crippen LogP contribution in [0.5, 0.6) is 0 Å². The number of nitrogens with zero attached hydrogens (tertiary/aromatic N) is 1. The molecule has 0 heterocycles. The van der Waals surface area contributed by atoms with Crippen LogP contribution in [0.4, 0.5) is 0 Å². The summed E-state index contributed by atoms with van der Waals surface area (Å²) in [4.78, 5) is 8.84. The maximum Gasteiger partial charge on any atom is 0.289 e. The Morgan fingerprint density at radius 2 is 1.23 bits per heavy atom. The van der Waals surface area contributed by atoms with Crippen LogP contribution in [0, 0.1) is 10.1 Å². The average Bonchev–Trinajstić information content (AvgIpc) is 2.45. The summed E-state index contributed by atoms with van der Waals surface area (Å²) in [6, 6.07) is 0. The van der Waals surface area contributed by atoms with Crippen molar-refractivity contribution in [3.05, 3.63) is 10.1 Å². The second-order valence-corrected chi connectivity index (χ2v) is 8.64. The molecule has 0 aliphatic heterocycles. The maximum absolute atomic E-state index is 10.3. The van der Waals surface area contributed by atoms with Crippen LogP contribution in [-0.4, -0.2) is 71.6 Å². The predicted molar refractivity (Wildman–Crippen MR) is 91.6 cm³/mol. The van der Waals surface area contributed by atoms with Gasteiger partial charge in [0, 0.05) is 19.4 Å². The highest BCUT2D eigenvalue weighted by Gasteiger charge is 2.12. The molecule has 26 heavy (non-hydrogen) atoms. The van der Waals surface area contributed by atoms with Gasteiger partial charge < -0.3 is 17.6 Å². The lowest BCUT2D eigenvalue weighted by molar-refractivity contribution is -0.474. The summed E-state index contributed by atoms with van der Waals surface area (Å²) in [5, 5.41) is 9.61. The summed E-state index contributed by atoms with van der Waals surface area (Å²) in [6.45, 7) is -0.697. The Kier molecular flexibility index (Phi) is 20.2. The molecule has 0 radical (unpaired) electrons. The second kappa shape index (κ2) is 16.1. The Balaban J connectivity index is -0.0000000878. The molecule has 0 aliphatic rings. The first-order chi connectivity index (χ1) is 11.2. The van der Waals surface area contributed by atoms with E-state index in [1.165, 1.54) is 0 Å². The van der Waals surface area contributed by atoms with Crippen molar-refractivity contribution in [2.75, 3.05) is 36.9 Å². The Bertz CT molecular complexity index is 667. The van der Waals surface area contributed by atoms with Crippen LogP contribution in [0.1, 0.15) is 1.43 Å². The zero-order valence-corrected chi connectivity index (χ0v) is 15.9. The van der Waals surface area contributed by atoms with Crippen LogP contribution in [0.3, 0.4) is 0 Å². The van der Waals surface area contributed by atoms with Crippen LogP contribution in [0.15, 0.2) is 0 Å². The molecular weight excluding hydrogens is 428 g/mol. The highest BCUT2D eigenvalue weighted by molar-refractivity contribution is 7.87. The molecule has 0 saturated heterocycles. The van der Waals surface area contributed by atoms with Gasteiger partial charge in [-0.3, -0.25) is 14.7 Å². The van der Waals surface area contributed by atoms with Crippen molar-refractivity contribution in [3.63, 3.8) is 0 Å². The largest absolute Gasteiger partial charge is 0.344 e. The molecule has 0 amide bonds. The zero-order chi connectivity index (χ0) is 20.7. The topological polar surface area (TPSA) is 323 Å². The predicted octanol–water partition coefficient (Wildman–Crippen LogP) is -4.11. The molecule has 0 aromatic rings. The summed E-state index contributed by atoms with van der Waals surface area (Å²) in [5.41, 5.74) is 9.65. The molecule has 0 atom stereocenters. The van der Waals surface area contributed by atoms with E-state index in [9.17, 15) is 35.4 Å². The van der Waals surface area contributed by atoms with Gasteiger partial charge in [-0.25, -0.2) is 0 Å². The van der Waals surface area contributed by atoms with Crippen LogP contribution in [-0.2, 0) is 38.9 Å². The maximum atomic E-state index is 10.3. The Morgan fingerprint density at radius 1 is 0.885 bits per heavy atom. The van der Waals surface area contributed by atoms with Crippen LogP contribution >= 0.6 is 0 Å². The summed E-state index contributed by atoms with van der Waals surface area (Å²) < 4.78 is 75.2. The van der Waals surface area contributed by atoms with Crippen LogP contribution in [0.2, 0.25) is 0 Å². The van der Waals surface area contributed by atoms with Gasteiger partial charge in [0.2, 0.25) is 6.54 Å². The smallest absolute Gasteiger partial charge is 0.289 e. The van der Waals surface area contributed by atoms with E-state index in [0.29, 0.717) is 0 Å². The molecule has 0 unspecified atom stereocenters. The van der Waals surface area contributed by atoms with Gasteiger partial charge in [-0.1, -0.05) is 0 Å². The monoisotopic (exact) mass is 454 g/mol. The quantitative estimate of drug-likeness (QED) is 0.109.